The van der Waals surface area contributed by atoms with Gasteiger partial charge in [0.15, 0.2) is 11.2 Å². The topological polar surface area (TPSA) is 151 Å². The lowest BCUT2D eigenvalue weighted by Gasteiger charge is -2.11. The number of aliphatic hydroxyl groups is 1. The van der Waals surface area contributed by atoms with Crippen molar-refractivity contribution in [2.75, 3.05) is 18.5 Å². The number of aryl methyl sites for hydroxylation is 1. The lowest BCUT2D eigenvalue weighted by atomic mass is 10.2. The Morgan fingerprint density at radius 3 is 2.70 bits per heavy atom. The second-order valence-electron chi connectivity index (χ2n) is 7.81. The highest BCUT2D eigenvalue weighted by atomic mass is 16.4. The number of anilines is 1. The summed E-state index contributed by atoms with van der Waals surface area (Å²) in [6.45, 7) is 1.95. The van der Waals surface area contributed by atoms with E-state index in [1.54, 1.807) is 10.9 Å². The maximum absolute atomic E-state index is 9.54. The molecule has 1 aliphatic rings. The zero-order chi connectivity index (χ0) is 23.2. The first-order valence-corrected chi connectivity index (χ1v) is 10.8. The SMILES string of the molecule is Cc1ccc2cc(-n3nnc4cnc(NC5CCCC5)nc43)ccc2n1.O=C(O)NCCO. The lowest BCUT2D eigenvalue weighted by Crippen LogP contribution is -2.23. The molecule has 1 saturated carbocycles. The van der Waals surface area contributed by atoms with E-state index in [1.165, 1.54) is 25.7 Å². The molecule has 0 saturated heterocycles. The fourth-order valence-electron chi connectivity index (χ4n) is 3.73. The number of nitrogens with zero attached hydrogens (tertiary/aromatic N) is 6. The van der Waals surface area contributed by atoms with Gasteiger partial charge in [0.2, 0.25) is 5.95 Å². The van der Waals surface area contributed by atoms with E-state index >= 15 is 0 Å². The third kappa shape index (κ3) is 5.50. The van der Waals surface area contributed by atoms with Crippen LogP contribution in [0.3, 0.4) is 0 Å². The quantitative estimate of drug-likeness (QED) is 0.360. The number of amides is 1. The number of hydrogen-bond donors (Lipinski definition) is 4. The summed E-state index contributed by atoms with van der Waals surface area (Å²) in [7, 11) is 0. The average molecular weight is 451 g/mol. The minimum Gasteiger partial charge on any atom is -0.465 e. The molecule has 0 radical (unpaired) electrons. The first-order valence-electron chi connectivity index (χ1n) is 10.8. The zero-order valence-corrected chi connectivity index (χ0v) is 18.3. The Labute approximate surface area is 189 Å². The van der Waals surface area contributed by atoms with Crippen LogP contribution in [0.15, 0.2) is 36.5 Å². The largest absolute Gasteiger partial charge is 0.465 e. The Morgan fingerprint density at radius 1 is 1.15 bits per heavy atom. The lowest BCUT2D eigenvalue weighted by molar-refractivity contribution is 0.190. The third-order valence-corrected chi connectivity index (χ3v) is 5.33. The van der Waals surface area contributed by atoms with Gasteiger partial charge in [0.25, 0.3) is 0 Å². The molecule has 3 aromatic heterocycles. The van der Waals surface area contributed by atoms with Crippen LogP contribution in [-0.2, 0) is 0 Å². The number of fused-ring (bicyclic) bond motifs is 2. The van der Waals surface area contributed by atoms with Crippen LogP contribution in [0.2, 0.25) is 0 Å². The molecule has 0 atom stereocenters. The van der Waals surface area contributed by atoms with Gasteiger partial charge in [-0.25, -0.2) is 9.78 Å². The number of benzene rings is 1. The molecule has 3 heterocycles. The van der Waals surface area contributed by atoms with Crippen LogP contribution in [0.1, 0.15) is 31.4 Å². The fourth-order valence-corrected chi connectivity index (χ4v) is 3.73. The highest BCUT2D eigenvalue weighted by Gasteiger charge is 2.17. The van der Waals surface area contributed by atoms with Gasteiger partial charge in [-0.2, -0.15) is 9.67 Å². The maximum atomic E-state index is 9.54. The van der Waals surface area contributed by atoms with E-state index < -0.39 is 6.09 Å². The molecule has 1 aliphatic carbocycles. The monoisotopic (exact) mass is 450 g/mol. The van der Waals surface area contributed by atoms with Crippen LogP contribution < -0.4 is 10.6 Å². The fraction of sp³-hybridized carbons (Fsp3) is 0.364. The summed E-state index contributed by atoms with van der Waals surface area (Å²) in [5.41, 5.74) is 4.28. The molecule has 5 rings (SSSR count). The maximum Gasteiger partial charge on any atom is 0.404 e. The van der Waals surface area contributed by atoms with Crippen LogP contribution in [-0.4, -0.2) is 65.4 Å². The molecule has 0 aliphatic heterocycles. The summed E-state index contributed by atoms with van der Waals surface area (Å²) < 4.78 is 1.76. The molecule has 4 N–H and O–H groups in total. The van der Waals surface area contributed by atoms with Gasteiger partial charge in [-0.3, -0.25) is 4.98 Å². The normalized spacial score (nSPS) is 13.6. The van der Waals surface area contributed by atoms with Crippen LogP contribution in [0, 0.1) is 6.92 Å². The highest BCUT2D eigenvalue weighted by Crippen LogP contribution is 2.23. The van der Waals surface area contributed by atoms with Crippen molar-refractivity contribution in [3.63, 3.8) is 0 Å². The Morgan fingerprint density at radius 2 is 1.97 bits per heavy atom. The predicted octanol–water partition coefficient (Wildman–Crippen LogP) is 2.67. The van der Waals surface area contributed by atoms with Crippen molar-refractivity contribution in [3.05, 3.63) is 42.2 Å². The van der Waals surface area contributed by atoms with Crippen molar-refractivity contribution in [2.24, 2.45) is 0 Å². The Balaban J connectivity index is 0.000000325. The Bertz CT molecular complexity index is 1250. The standard InChI is InChI=1S/C19H19N7.C3H7NO3/c1-12-6-7-13-10-15(8-9-16(13)21-12)26-18-17(24-25-26)11-20-19(23-18)22-14-4-2-3-5-14;5-2-1-4-3(6)7/h6-11,14H,2-5H2,1H3,(H,20,22,23);4-5H,1-2H2,(H,6,7). The summed E-state index contributed by atoms with van der Waals surface area (Å²) in [5, 5.41) is 30.8. The highest BCUT2D eigenvalue weighted by molar-refractivity contribution is 5.82. The third-order valence-electron chi connectivity index (χ3n) is 5.33. The number of rotatable bonds is 5. The van der Waals surface area contributed by atoms with Crippen LogP contribution in [0.25, 0.3) is 27.8 Å². The van der Waals surface area contributed by atoms with Crippen molar-refractivity contribution < 1.29 is 15.0 Å². The van der Waals surface area contributed by atoms with Crippen molar-refractivity contribution in [3.8, 4) is 5.69 Å². The zero-order valence-electron chi connectivity index (χ0n) is 18.3. The van der Waals surface area contributed by atoms with E-state index in [2.05, 4.69) is 42.7 Å². The number of pyridine rings is 1. The van der Waals surface area contributed by atoms with Crippen molar-refractivity contribution in [1.29, 1.82) is 0 Å². The van der Waals surface area contributed by atoms with E-state index in [0.29, 0.717) is 23.2 Å². The molecule has 1 fully saturated rings. The minimum atomic E-state index is -1.10. The number of aliphatic hydroxyl groups excluding tert-OH is 1. The van der Waals surface area contributed by atoms with Crippen molar-refractivity contribution in [2.45, 2.75) is 38.6 Å². The van der Waals surface area contributed by atoms with Gasteiger partial charge in [0, 0.05) is 23.7 Å². The number of carbonyl (C=O) groups is 1. The van der Waals surface area contributed by atoms with E-state index in [9.17, 15) is 4.79 Å². The predicted molar refractivity (Wildman–Crippen MR) is 123 cm³/mol. The summed E-state index contributed by atoms with van der Waals surface area (Å²) in [5.74, 6) is 0.644. The molecule has 1 amide bonds. The molecule has 0 bridgehead atoms. The van der Waals surface area contributed by atoms with Gasteiger partial charge in [-0.15, -0.1) is 5.10 Å². The van der Waals surface area contributed by atoms with Gasteiger partial charge in [0.1, 0.15) is 0 Å². The van der Waals surface area contributed by atoms with E-state index in [-0.39, 0.29) is 13.2 Å². The molecular weight excluding hydrogens is 424 g/mol. The number of aromatic nitrogens is 6. The number of nitrogens with one attached hydrogen (secondary N) is 2. The van der Waals surface area contributed by atoms with Gasteiger partial charge in [-0.05, 0) is 44.0 Å². The Hall–Kier alpha value is -3.86. The second kappa shape index (κ2) is 10.2. The first-order chi connectivity index (χ1) is 16.0. The second-order valence-corrected chi connectivity index (χ2v) is 7.81. The molecule has 4 aromatic rings. The Kier molecular flexibility index (Phi) is 6.89. The van der Waals surface area contributed by atoms with Crippen molar-refractivity contribution >= 4 is 34.1 Å². The average Bonchev–Trinajstić information content (AvgIpc) is 3.47. The summed E-state index contributed by atoms with van der Waals surface area (Å²) >= 11 is 0. The molecule has 33 heavy (non-hydrogen) atoms. The molecule has 0 unspecified atom stereocenters. The van der Waals surface area contributed by atoms with Gasteiger partial charge in [-0.1, -0.05) is 24.1 Å². The van der Waals surface area contributed by atoms with E-state index in [1.807, 2.05) is 30.4 Å². The van der Waals surface area contributed by atoms with Gasteiger partial charge >= 0.3 is 6.09 Å². The molecular formula is C22H26N8O3. The van der Waals surface area contributed by atoms with Crippen LogP contribution in [0.5, 0.6) is 0 Å². The molecule has 172 valence electrons. The first kappa shape index (κ1) is 22.3. The number of carboxylic acid groups (broad SMARTS) is 1. The van der Waals surface area contributed by atoms with Crippen LogP contribution in [0.4, 0.5) is 10.7 Å². The van der Waals surface area contributed by atoms with Crippen molar-refractivity contribution in [1.82, 2.24) is 35.3 Å². The summed E-state index contributed by atoms with van der Waals surface area (Å²) in [4.78, 5) is 23.1. The van der Waals surface area contributed by atoms with Gasteiger partial charge < -0.3 is 20.8 Å². The minimum absolute atomic E-state index is 0.106. The van der Waals surface area contributed by atoms with Gasteiger partial charge in [0.05, 0.1) is 24.0 Å². The molecule has 1 aromatic carbocycles. The molecule has 0 spiro atoms. The van der Waals surface area contributed by atoms with Crippen LogP contribution >= 0.6 is 0 Å². The van der Waals surface area contributed by atoms with E-state index in [4.69, 9.17) is 10.2 Å². The summed E-state index contributed by atoms with van der Waals surface area (Å²) in [6, 6.07) is 10.6. The smallest absolute Gasteiger partial charge is 0.404 e. The molecule has 11 nitrogen and oxygen atoms in total. The molecule has 11 heteroatoms. The summed E-state index contributed by atoms with van der Waals surface area (Å²) in [6.07, 6.45) is 5.52. The van der Waals surface area contributed by atoms with E-state index in [0.717, 1.165) is 22.3 Å². The number of hydrogen-bond acceptors (Lipinski definition) is 8.